The molecule has 2 N–H and O–H groups in total. The van der Waals surface area contributed by atoms with Crippen molar-refractivity contribution in [3.63, 3.8) is 0 Å². The van der Waals surface area contributed by atoms with Crippen LogP contribution in [0.5, 0.6) is 0 Å². The number of benzene rings is 2. The van der Waals surface area contributed by atoms with Gasteiger partial charge in [0.2, 0.25) is 5.91 Å². The van der Waals surface area contributed by atoms with Crippen molar-refractivity contribution < 1.29 is 13.6 Å². The second kappa shape index (κ2) is 6.18. The van der Waals surface area contributed by atoms with Gasteiger partial charge in [0, 0.05) is 17.9 Å². The summed E-state index contributed by atoms with van der Waals surface area (Å²) >= 11 is 0. The van der Waals surface area contributed by atoms with E-state index in [1.165, 1.54) is 12.1 Å². The molecular formula is C19H13F2N3O2. The summed E-state index contributed by atoms with van der Waals surface area (Å²) in [5.74, 6) is -3.06. The van der Waals surface area contributed by atoms with Crippen LogP contribution in [-0.2, 0) is 4.79 Å². The Morgan fingerprint density at radius 2 is 1.77 bits per heavy atom. The predicted octanol–water partition coefficient (Wildman–Crippen LogP) is 3.19. The average molecular weight is 353 g/mol. The van der Waals surface area contributed by atoms with Gasteiger partial charge in [0.25, 0.3) is 5.56 Å². The second-order valence-corrected chi connectivity index (χ2v) is 5.99. The zero-order valence-corrected chi connectivity index (χ0v) is 13.4. The summed E-state index contributed by atoms with van der Waals surface area (Å²) in [6.07, 6.45) is -0.164. The van der Waals surface area contributed by atoms with Crippen LogP contribution in [0.4, 0.5) is 14.6 Å². The first kappa shape index (κ1) is 16.1. The number of fused-ring (bicyclic) bond motifs is 1. The summed E-state index contributed by atoms with van der Waals surface area (Å²) < 4.78 is 27.9. The van der Waals surface area contributed by atoms with Crippen LogP contribution < -0.4 is 10.9 Å². The number of nitrogens with one attached hydrogen (secondary N) is 2. The minimum absolute atomic E-state index is 0.0409. The average Bonchev–Trinajstić information content (AvgIpc) is 2.63. The molecule has 130 valence electrons. The van der Waals surface area contributed by atoms with Crippen molar-refractivity contribution in [2.75, 3.05) is 5.32 Å². The zero-order chi connectivity index (χ0) is 18.3. The van der Waals surface area contributed by atoms with E-state index in [1.54, 1.807) is 24.3 Å². The maximum atomic E-state index is 14.2. The van der Waals surface area contributed by atoms with Gasteiger partial charge in [-0.15, -0.1) is 0 Å². The van der Waals surface area contributed by atoms with Crippen molar-refractivity contribution in [2.45, 2.75) is 12.3 Å². The number of H-pyrrole nitrogens is 1. The molecule has 0 bridgehead atoms. The lowest BCUT2D eigenvalue weighted by Gasteiger charge is -2.25. The third-order valence-electron chi connectivity index (χ3n) is 4.36. The molecule has 0 aliphatic carbocycles. The predicted molar refractivity (Wildman–Crippen MR) is 91.7 cm³/mol. The highest BCUT2D eigenvalue weighted by molar-refractivity contribution is 5.94. The Morgan fingerprint density at radius 3 is 2.54 bits per heavy atom. The van der Waals surface area contributed by atoms with Crippen molar-refractivity contribution in [3.8, 4) is 11.4 Å². The van der Waals surface area contributed by atoms with Crippen LogP contribution in [0, 0.1) is 11.6 Å². The van der Waals surface area contributed by atoms with Gasteiger partial charge in [0.15, 0.2) is 11.6 Å². The van der Waals surface area contributed by atoms with E-state index in [2.05, 4.69) is 15.3 Å². The topological polar surface area (TPSA) is 74.8 Å². The third-order valence-corrected chi connectivity index (χ3v) is 4.36. The van der Waals surface area contributed by atoms with E-state index in [0.717, 1.165) is 6.07 Å². The number of hydrogen-bond donors (Lipinski definition) is 2. The van der Waals surface area contributed by atoms with Crippen LogP contribution in [0.25, 0.3) is 11.4 Å². The second-order valence-electron chi connectivity index (χ2n) is 5.99. The largest absolute Gasteiger partial charge is 0.310 e. The summed E-state index contributed by atoms with van der Waals surface area (Å²) in [6, 6.07) is 12.6. The normalized spacial score (nSPS) is 16.1. The monoisotopic (exact) mass is 353 g/mol. The zero-order valence-electron chi connectivity index (χ0n) is 13.4. The number of hydrogen-bond acceptors (Lipinski definition) is 3. The van der Waals surface area contributed by atoms with Gasteiger partial charge >= 0.3 is 0 Å². The van der Waals surface area contributed by atoms with Gasteiger partial charge in [-0.2, -0.15) is 0 Å². The Balaban J connectivity index is 1.90. The first-order chi connectivity index (χ1) is 12.5. The molecule has 5 nitrogen and oxygen atoms in total. The van der Waals surface area contributed by atoms with Gasteiger partial charge < -0.3 is 10.3 Å². The standard InChI is InChI=1S/C19H13F2N3O2/c20-13-8-4-7-11(16(13)21)12-9-14(25)22-18-15(12)19(26)24-17(23-18)10-5-2-1-3-6-10/h1-8,12H,9H2,(H2,22,23,24,25,26)/t12-/m1/s1. The molecule has 0 radical (unpaired) electrons. The van der Waals surface area contributed by atoms with E-state index in [1.807, 2.05) is 6.07 Å². The molecule has 3 aromatic rings. The van der Waals surface area contributed by atoms with E-state index in [-0.39, 0.29) is 29.2 Å². The lowest BCUT2D eigenvalue weighted by Crippen LogP contribution is -2.31. The van der Waals surface area contributed by atoms with Gasteiger partial charge in [-0.1, -0.05) is 42.5 Å². The molecule has 0 fully saturated rings. The summed E-state index contributed by atoms with van der Waals surface area (Å²) in [4.78, 5) is 31.8. The van der Waals surface area contributed by atoms with Crippen molar-refractivity contribution >= 4 is 11.7 Å². The molecule has 0 saturated carbocycles. The highest BCUT2D eigenvalue weighted by Crippen LogP contribution is 2.36. The molecule has 1 aliphatic rings. The van der Waals surface area contributed by atoms with E-state index in [4.69, 9.17) is 0 Å². The Bertz CT molecular complexity index is 1060. The maximum absolute atomic E-state index is 14.2. The van der Waals surface area contributed by atoms with Crippen LogP contribution in [-0.4, -0.2) is 15.9 Å². The molecule has 1 aromatic heterocycles. The number of halogens is 2. The van der Waals surface area contributed by atoms with Gasteiger partial charge in [-0.25, -0.2) is 13.8 Å². The smallest absolute Gasteiger partial charge is 0.257 e. The number of nitrogens with zero attached hydrogens (tertiary/aromatic N) is 1. The van der Waals surface area contributed by atoms with E-state index < -0.39 is 29.0 Å². The molecule has 7 heteroatoms. The lowest BCUT2D eigenvalue weighted by molar-refractivity contribution is -0.116. The van der Waals surface area contributed by atoms with Gasteiger partial charge in [0.1, 0.15) is 11.6 Å². The fourth-order valence-corrected chi connectivity index (χ4v) is 3.16. The number of aromatic nitrogens is 2. The van der Waals surface area contributed by atoms with Crippen molar-refractivity contribution in [2.24, 2.45) is 0 Å². The quantitative estimate of drug-likeness (QED) is 0.743. The molecule has 1 amide bonds. The van der Waals surface area contributed by atoms with Crippen molar-refractivity contribution in [3.05, 3.63) is 81.6 Å². The van der Waals surface area contributed by atoms with E-state index in [9.17, 15) is 18.4 Å². The summed E-state index contributed by atoms with van der Waals surface area (Å²) in [5.41, 5.74) is 0.248. The highest BCUT2D eigenvalue weighted by Gasteiger charge is 2.33. The molecule has 2 heterocycles. The minimum atomic E-state index is -1.07. The van der Waals surface area contributed by atoms with Crippen molar-refractivity contribution in [1.82, 2.24) is 9.97 Å². The fraction of sp³-hybridized carbons (Fsp3) is 0.105. The Kier molecular flexibility index (Phi) is 3.84. The summed E-state index contributed by atoms with van der Waals surface area (Å²) in [6.45, 7) is 0. The lowest BCUT2D eigenvalue weighted by atomic mass is 9.86. The molecule has 2 aromatic carbocycles. The molecule has 26 heavy (non-hydrogen) atoms. The number of aromatic amines is 1. The van der Waals surface area contributed by atoms with E-state index in [0.29, 0.717) is 5.56 Å². The van der Waals surface area contributed by atoms with E-state index >= 15 is 0 Å². The number of rotatable bonds is 2. The first-order valence-electron chi connectivity index (χ1n) is 7.98. The highest BCUT2D eigenvalue weighted by atomic mass is 19.2. The number of carbonyl (C=O) groups is 1. The molecule has 4 rings (SSSR count). The van der Waals surface area contributed by atoms with Gasteiger partial charge in [0.05, 0.1) is 5.56 Å². The molecule has 0 saturated heterocycles. The van der Waals surface area contributed by atoms with Crippen LogP contribution in [0.15, 0.2) is 53.3 Å². The number of amides is 1. The molecule has 0 spiro atoms. The molecule has 0 unspecified atom stereocenters. The van der Waals surface area contributed by atoms with Gasteiger partial charge in [-0.05, 0) is 11.6 Å². The minimum Gasteiger partial charge on any atom is -0.310 e. The summed E-state index contributed by atoms with van der Waals surface area (Å²) in [7, 11) is 0. The van der Waals surface area contributed by atoms with Crippen LogP contribution >= 0.6 is 0 Å². The van der Waals surface area contributed by atoms with Crippen molar-refractivity contribution in [1.29, 1.82) is 0 Å². The molecule has 1 atom stereocenters. The number of carbonyl (C=O) groups excluding carboxylic acids is 1. The molecule has 1 aliphatic heterocycles. The Labute approximate surface area is 146 Å². The third kappa shape index (κ3) is 2.67. The SMILES string of the molecule is O=C1C[C@H](c2cccc(F)c2F)c2c(nc(-c3ccccc3)[nH]c2=O)N1. The summed E-state index contributed by atoms with van der Waals surface area (Å²) in [5, 5.41) is 2.56. The van der Waals surface area contributed by atoms with Crippen LogP contribution in [0.1, 0.15) is 23.5 Å². The maximum Gasteiger partial charge on any atom is 0.257 e. The van der Waals surface area contributed by atoms with Crippen LogP contribution in [0.2, 0.25) is 0 Å². The number of anilines is 1. The van der Waals surface area contributed by atoms with Gasteiger partial charge in [-0.3, -0.25) is 9.59 Å². The Hall–Kier alpha value is -3.35. The Morgan fingerprint density at radius 1 is 1.00 bits per heavy atom. The van der Waals surface area contributed by atoms with Crippen LogP contribution in [0.3, 0.4) is 0 Å². The molecular weight excluding hydrogens is 340 g/mol. The fourth-order valence-electron chi connectivity index (χ4n) is 3.16. The first-order valence-corrected chi connectivity index (χ1v) is 7.98.